The first kappa shape index (κ1) is 38.5. The molecule has 0 aliphatic heterocycles. The van der Waals surface area contributed by atoms with Gasteiger partial charge in [-0.05, 0) is 103 Å². The molecule has 5 aromatic rings. The quantitative estimate of drug-likeness (QED) is 0.0684. The van der Waals surface area contributed by atoms with Gasteiger partial charge in [-0.3, -0.25) is 4.98 Å². The van der Waals surface area contributed by atoms with E-state index in [1.54, 1.807) is 18.2 Å². The van der Waals surface area contributed by atoms with Gasteiger partial charge in [-0.15, -0.1) is 0 Å². The highest BCUT2D eigenvalue weighted by molar-refractivity contribution is 14.3. The van der Waals surface area contributed by atoms with Crippen LogP contribution in [0.2, 0.25) is 0 Å². The summed E-state index contributed by atoms with van der Waals surface area (Å²) in [6.07, 6.45) is 9.01. The van der Waals surface area contributed by atoms with Crippen molar-refractivity contribution in [3.8, 4) is 11.5 Å². The van der Waals surface area contributed by atoms with Gasteiger partial charge in [0.15, 0.2) is 0 Å². The Morgan fingerprint density at radius 1 is 0.867 bits per heavy atom. The predicted octanol–water partition coefficient (Wildman–Crippen LogP) is 11.3. The van der Waals surface area contributed by atoms with E-state index in [0.29, 0.717) is 12.4 Å². The number of nitrogens with zero attached hydrogens (tertiary/aromatic N) is 1. The zero-order valence-corrected chi connectivity index (χ0v) is 32.4. The molecule has 5 rings (SSSR count). The number of aromatic nitrogens is 1. The smallest absolute Gasteiger partial charge is 0.127 e. The summed E-state index contributed by atoms with van der Waals surface area (Å²) in [5.41, 5.74) is 10.8. The van der Waals surface area contributed by atoms with Crippen molar-refractivity contribution in [3.63, 3.8) is 0 Å². The summed E-state index contributed by atoms with van der Waals surface area (Å²) in [7, 11) is 0. The molecular weight excluding hydrogens is 899 g/mol. The molecule has 0 fully saturated rings. The minimum absolute atomic E-state index is 0.358. The van der Waals surface area contributed by atoms with Crippen molar-refractivity contribution < 1.29 is 9.84 Å². The average Bonchev–Trinajstić information content (AvgIpc) is 3.03. The summed E-state index contributed by atoms with van der Waals surface area (Å²) < 4.78 is 6.73. The number of aryl methyl sites for hydroxylation is 3. The van der Waals surface area contributed by atoms with Gasteiger partial charge in [-0.25, -0.2) is 0 Å². The van der Waals surface area contributed by atoms with Crippen LogP contribution in [-0.4, -0.2) is 16.2 Å². The molecule has 0 spiro atoms. The molecule has 0 radical (unpaired) electrons. The van der Waals surface area contributed by atoms with Crippen molar-refractivity contribution in [1.82, 2.24) is 4.98 Å². The normalized spacial score (nSPS) is 10.8. The molecule has 0 unspecified atom stereocenters. The molecule has 0 aliphatic rings. The molecule has 0 saturated heterocycles. The van der Waals surface area contributed by atoms with E-state index in [0.717, 1.165) is 39.7 Å². The van der Waals surface area contributed by atoms with E-state index in [2.05, 4.69) is 110 Å². The summed E-state index contributed by atoms with van der Waals surface area (Å²) in [5, 5.41) is 20.7. The third-order valence-electron chi connectivity index (χ3n) is 6.59. The Kier molecular flexibility index (Phi) is 18.1. The molecule has 0 bridgehead atoms. The Labute approximate surface area is 308 Å². The van der Waals surface area contributed by atoms with Gasteiger partial charge in [-0.2, -0.15) is 0 Å². The van der Waals surface area contributed by atoms with Gasteiger partial charge in [-0.1, -0.05) is 135 Å². The van der Waals surface area contributed by atoms with Crippen LogP contribution in [0.15, 0.2) is 115 Å². The summed E-state index contributed by atoms with van der Waals surface area (Å²) in [5.74, 6) is 1.29. The lowest BCUT2D eigenvalue weighted by Crippen LogP contribution is -1.97. The maximum atomic E-state index is 9.50. The molecule has 4 aromatic carbocycles. The molecule has 45 heavy (non-hydrogen) atoms. The van der Waals surface area contributed by atoms with Gasteiger partial charge < -0.3 is 21.0 Å². The minimum Gasteiger partial charge on any atom is -0.507 e. The standard InChI is InChI=1S/C18H17NO.C11H10O.C7H12N2.CHI3/c1-13-7-8-18(17-6-4-3-5-16(13)17)20-12-15-9-10-19-14(2)11-15;1-8-6-7-11(12)10-5-3-2-4-9(8)10;1-2-7(3-5-8)4-6-9;2-1(3)4/h3-11H,12H2,1-2H3;2-7,12H,1H3;3-6,8H,2,9H2,1H3;1H/b;;6-4+,7-3-,8-5?;. The SMILES string of the molecule is CCC(=C/C=N)/C=C/N.Cc1cc(COc2ccc(C)c3ccccc23)ccn1.Cc1ccc(O)c2ccccc12.IC(I)I. The number of allylic oxidation sites excluding steroid dienone is 3. The average molecular weight is 939 g/mol. The maximum absolute atomic E-state index is 9.50. The lowest BCUT2D eigenvalue weighted by molar-refractivity contribution is 0.310. The number of pyridine rings is 1. The Hall–Kier alpha value is -2.71. The van der Waals surface area contributed by atoms with Gasteiger partial charge >= 0.3 is 0 Å². The number of halogens is 3. The lowest BCUT2D eigenvalue weighted by atomic mass is 10.0. The molecular formula is C37H40I3N3O2. The molecule has 236 valence electrons. The highest BCUT2D eigenvalue weighted by Crippen LogP contribution is 2.29. The van der Waals surface area contributed by atoms with E-state index < -0.39 is 0 Å². The number of phenols is 1. The van der Waals surface area contributed by atoms with E-state index in [4.69, 9.17) is 15.9 Å². The second-order valence-electron chi connectivity index (χ2n) is 9.84. The molecule has 8 heteroatoms. The Bertz CT molecular complexity index is 1680. The molecule has 1 heterocycles. The van der Waals surface area contributed by atoms with Crippen molar-refractivity contribution in [2.75, 3.05) is 0 Å². The first-order valence-electron chi connectivity index (χ1n) is 14.3. The van der Waals surface area contributed by atoms with Crippen LogP contribution in [0.1, 0.15) is 35.7 Å². The van der Waals surface area contributed by atoms with Crippen LogP contribution in [0.4, 0.5) is 0 Å². The number of nitrogens with two attached hydrogens (primary N) is 1. The predicted molar refractivity (Wildman–Crippen MR) is 219 cm³/mol. The summed E-state index contributed by atoms with van der Waals surface area (Å²) in [6.45, 7) is 8.75. The Morgan fingerprint density at radius 3 is 1.96 bits per heavy atom. The van der Waals surface area contributed by atoms with E-state index in [-0.39, 0.29) is 0 Å². The van der Waals surface area contributed by atoms with Crippen LogP contribution < -0.4 is 10.5 Å². The second kappa shape index (κ2) is 21.2. The fraction of sp³-hybridized carbons (Fsp3) is 0.189. The largest absolute Gasteiger partial charge is 0.507 e. The van der Waals surface area contributed by atoms with Crippen LogP contribution in [0.25, 0.3) is 21.5 Å². The molecule has 5 nitrogen and oxygen atoms in total. The highest BCUT2D eigenvalue weighted by atomic mass is 127. The number of benzene rings is 4. The maximum Gasteiger partial charge on any atom is 0.127 e. The van der Waals surface area contributed by atoms with E-state index in [9.17, 15) is 5.11 Å². The summed E-state index contributed by atoms with van der Waals surface area (Å²) in [6, 6.07) is 28.1. The van der Waals surface area contributed by atoms with Gasteiger partial charge in [0.25, 0.3) is 0 Å². The molecule has 4 N–H and O–H groups in total. The molecule has 0 saturated carbocycles. The van der Waals surface area contributed by atoms with Crippen molar-refractivity contribution in [3.05, 3.63) is 137 Å². The van der Waals surface area contributed by atoms with Crippen LogP contribution in [-0.2, 0) is 6.61 Å². The molecule has 0 aliphatic carbocycles. The first-order chi connectivity index (χ1) is 21.6. The van der Waals surface area contributed by atoms with Crippen molar-refractivity contribution in [2.24, 2.45) is 5.73 Å². The fourth-order valence-electron chi connectivity index (χ4n) is 4.36. The number of phenolic OH excluding ortho intramolecular Hbond substituents is 1. The first-order valence-corrected chi connectivity index (χ1v) is 18.0. The number of nitrogens with one attached hydrogen (secondary N) is 1. The topological polar surface area (TPSA) is 92.2 Å². The van der Waals surface area contributed by atoms with Crippen LogP contribution in [0.5, 0.6) is 11.5 Å². The van der Waals surface area contributed by atoms with Gasteiger partial charge in [0.1, 0.15) is 18.0 Å². The molecule has 0 atom stereocenters. The number of fused-ring (bicyclic) bond motifs is 2. The molecule has 0 amide bonds. The summed E-state index contributed by atoms with van der Waals surface area (Å²) >= 11 is 6.95. The van der Waals surface area contributed by atoms with Gasteiger partial charge in [0, 0.05) is 28.9 Å². The number of rotatable bonds is 6. The van der Waals surface area contributed by atoms with Crippen LogP contribution in [0.3, 0.4) is 0 Å². The monoisotopic (exact) mass is 939 g/mol. The highest BCUT2D eigenvalue weighted by Gasteiger charge is 2.05. The number of hydrogen-bond acceptors (Lipinski definition) is 5. The number of hydrogen-bond donors (Lipinski definition) is 3. The van der Waals surface area contributed by atoms with Crippen LogP contribution >= 0.6 is 67.8 Å². The summed E-state index contributed by atoms with van der Waals surface area (Å²) in [4.78, 5) is 4.20. The minimum atomic E-state index is 0.358. The molecule has 1 aromatic heterocycles. The Morgan fingerprint density at radius 2 is 1.42 bits per heavy atom. The van der Waals surface area contributed by atoms with E-state index in [1.165, 1.54) is 34.3 Å². The fourth-order valence-corrected chi connectivity index (χ4v) is 4.36. The number of alkyl halides is 3. The Balaban J connectivity index is 0.000000241. The zero-order valence-electron chi connectivity index (χ0n) is 26.0. The van der Waals surface area contributed by atoms with Crippen molar-refractivity contribution in [2.45, 2.75) is 40.7 Å². The second-order valence-corrected chi connectivity index (χ2v) is 20.7. The van der Waals surface area contributed by atoms with E-state index in [1.807, 2.05) is 75.5 Å². The number of ether oxygens (including phenoxy) is 1. The van der Waals surface area contributed by atoms with Gasteiger partial charge in [0.2, 0.25) is 0 Å². The van der Waals surface area contributed by atoms with Crippen molar-refractivity contribution in [1.29, 1.82) is 5.41 Å². The van der Waals surface area contributed by atoms with E-state index >= 15 is 0 Å². The lowest BCUT2D eigenvalue weighted by Gasteiger charge is -2.11. The van der Waals surface area contributed by atoms with Crippen molar-refractivity contribution >= 4 is 95.5 Å². The third kappa shape index (κ3) is 13.7. The third-order valence-corrected chi connectivity index (χ3v) is 6.59. The number of aromatic hydroxyl groups is 1. The zero-order chi connectivity index (χ0) is 33.2. The van der Waals surface area contributed by atoms with Crippen LogP contribution in [0, 0.1) is 26.2 Å². The van der Waals surface area contributed by atoms with Gasteiger partial charge in [0.05, 0.1) is 0 Å².